The standard InChI is InChI=1S/C14H20N4/c1-12(13-6-4-3-5-7-13)10-15-9-8-14-17-16-11-18(14)2/h3-7,11-12,15H,8-10H2,1-2H3. The van der Waals surface area contributed by atoms with E-state index in [-0.39, 0.29) is 0 Å². The van der Waals surface area contributed by atoms with Gasteiger partial charge in [-0.15, -0.1) is 10.2 Å². The summed E-state index contributed by atoms with van der Waals surface area (Å²) in [7, 11) is 1.97. The Morgan fingerprint density at radius 1 is 1.28 bits per heavy atom. The number of hydrogen-bond acceptors (Lipinski definition) is 3. The van der Waals surface area contributed by atoms with Gasteiger partial charge in [0.1, 0.15) is 12.2 Å². The zero-order valence-corrected chi connectivity index (χ0v) is 11.0. The minimum Gasteiger partial charge on any atom is -0.321 e. The molecule has 0 saturated heterocycles. The Labute approximate surface area is 108 Å². The monoisotopic (exact) mass is 244 g/mol. The third-order valence-corrected chi connectivity index (χ3v) is 3.15. The Balaban J connectivity index is 1.71. The van der Waals surface area contributed by atoms with Gasteiger partial charge in [0.15, 0.2) is 0 Å². The minimum atomic E-state index is 0.533. The molecule has 0 saturated carbocycles. The maximum absolute atomic E-state index is 4.06. The number of hydrogen-bond donors (Lipinski definition) is 1. The van der Waals surface area contributed by atoms with Crippen LogP contribution in [0.3, 0.4) is 0 Å². The Bertz CT molecular complexity index is 464. The summed E-state index contributed by atoms with van der Waals surface area (Å²) in [6.45, 7) is 4.16. The summed E-state index contributed by atoms with van der Waals surface area (Å²) < 4.78 is 1.96. The first-order chi connectivity index (χ1) is 8.77. The summed E-state index contributed by atoms with van der Waals surface area (Å²) >= 11 is 0. The fourth-order valence-electron chi connectivity index (χ4n) is 1.95. The summed E-state index contributed by atoms with van der Waals surface area (Å²) in [6.07, 6.45) is 2.65. The summed E-state index contributed by atoms with van der Waals surface area (Å²) in [5.41, 5.74) is 1.38. The lowest BCUT2D eigenvalue weighted by Crippen LogP contribution is -2.23. The molecule has 1 N–H and O–H groups in total. The molecule has 1 heterocycles. The van der Waals surface area contributed by atoms with E-state index >= 15 is 0 Å². The van der Waals surface area contributed by atoms with Gasteiger partial charge in [0, 0.05) is 26.6 Å². The molecule has 1 unspecified atom stereocenters. The van der Waals surface area contributed by atoms with Gasteiger partial charge in [-0.2, -0.15) is 0 Å². The van der Waals surface area contributed by atoms with Crippen LogP contribution in [0.4, 0.5) is 0 Å². The first-order valence-electron chi connectivity index (χ1n) is 6.36. The molecule has 0 aliphatic rings. The molecule has 1 atom stereocenters. The topological polar surface area (TPSA) is 42.7 Å². The van der Waals surface area contributed by atoms with Crippen molar-refractivity contribution in [3.05, 3.63) is 48.0 Å². The molecular formula is C14H20N4. The minimum absolute atomic E-state index is 0.533. The van der Waals surface area contributed by atoms with Crippen LogP contribution in [-0.2, 0) is 13.5 Å². The van der Waals surface area contributed by atoms with Gasteiger partial charge in [-0.3, -0.25) is 0 Å². The predicted molar refractivity (Wildman–Crippen MR) is 72.4 cm³/mol. The number of rotatable bonds is 6. The average molecular weight is 244 g/mol. The molecule has 0 radical (unpaired) electrons. The second kappa shape index (κ2) is 6.31. The maximum atomic E-state index is 4.06. The van der Waals surface area contributed by atoms with Crippen LogP contribution in [0.1, 0.15) is 24.2 Å². The van der Waals surface area contributed by atoms with Gasteiger partial charge < -0.3 is 9.88 Å². The number of benzene rings is 1. The van der Waals surface area contributed by atoms with E-state index < -0.39 is 0 Å². The molecule has 0 amide bonds. The predicted octanol–water partition coefficient (Wildman–Crippen LogP) is 1.75. The van der Waals surface area contributed by atoms with E-state index in [0.717, 1.165) is 25.3 Å². The number of aryl methyl sites for hydroxylation is 1. The van der Waals surface area contributed by atoms with E-state index in [1.165, 1.54) is 5.56 Å². The maximum Gasteiger partial charge on any atom is 0.133 e. The van der Waals surface area contributed by atoms with E-state index in [4.69, 9.17) is 0 Å². The highest BCUT2D eigenvalue weighted by Crippen LogP contribution is 2.12. The summed E-state index contributed by atoms with van der Waals surface area (Å²) in [6, 6.07) is 10.6. The van der Waals surface area contributed by atoms with Gasteiger partial charge in [0.2, 0.25) is 0 Å². The largest absolute Gasteiger partial charge is 0.321 e. The Morgan fingerprint density at radius 3 is 2.72 bits per heavy atom. The molecule has 1 aromatic carbocycles. The van der Waals surface area contributed by atoms with Gasteiger partial charge in [-0.05, 0) is 11.5 Å². The second-order valence-corrected chi connectivity index (χ2v) is 4.62. The number of nitrogens with one attached hydrogen (secondary N) is 1. The Morgan fingerprint density at radius 2 is 2.06 bits per heavy atom. The third kappa shape index (κ3) is 3.40. The van der Waals surface area contributed by atoms with Crippen molar-refractivity contribution in [1.29, 1.82) is 0 Å². The molecular weight excluding hydrogens is 224 g/mol. The first kappa shape index (κ1) is 12.8. The van der Waals surface area contributed by atoms with Gasteiger partial charge in [-0.25, -0.2) is 0 Å². The fourth-order valence-corrected chi connectivity index (χ4v) is 1.95. The molecule has 0 fully saturated rings. The highest BCUT2D eigenvalue weighted by atomic mass is 15.2. The Kier molecular flexibility index (Phi) is 4.47. The molecule has 2 aromatic rings. The van der Waals surface area contributed by atoms with Crippen molar-refractivity contribution in [2.45, 2.75) is 19.3 Å². The smallest absolute Gasteiger partial charge is 0.133 e. The van der Waals surface area contributed by atoms with E-state index in [1.807, 2.05) is 11.6 Å². The zero-order chi connectivity index (χ0) is 12.8. The van der Waals surface area contributed by atoms with E-state index in [0.29, 0.717) is 5.92 Å². The molecule has 0 spiro atoms. The van der Waals surface area contributed by atoms with Gasteiger partial charge >= 0.3 is 0 Å². The molecule has 1 aromatic heterocycles. The zero-order valence-electron chi connectivity index (χ0n) is 11.0. The van der Waals surface area contributed by atoms with Crippen molar-refractivity contribution in [2.24, 2.45) is 7.05 Å². The lowest BCUT2D eigenvalue weighted by molar-refractivity contribution is 0.601. The normalized spacial score (nSPS) is 12.6. The van der Waals surface area contributed by atoms with Gasteiger partial charge in [0.05, 0.1) is 0 Å². The van der Waals surface area contributed by atoms with E-state index in [9.17, 15) is 0 Å². The molecule has 4 nitrogen and oxygen atoms in total. The highest BCUT2D eigenvalue weighted by Gasteiger charge is 2.04. The van der Waals surface area contributed by atoms with Gasteiger partial charge in [0.25, 0.3) is 0 Å². The first-order valence-corrected chi connectivity index (χ1v) is 6.36. The molecule has 0 aliphatic heterocycles. The molecule has 18 heavy (non-hydrogen) atoms. The third-order valence-electron chi connectivity index (χ3n) is 3.15. The van der Waals surface area contributed by atoms with Crippen molar-refractivity contribution in [3.8, 4) is 0 Å². The lowest BCUT2D eigenvalue weighted by atomic mass is 10.0. The van der Waals surface area contributed by atoms with Crippen LogP contribution < -0.4 is 5.32 Å². The number of aromatic nitrogens is 3. The van der Waals surface area contributed by atoms with Crippen molar-refractivity contribution >= 4 is 0 Å². The SMILES string of the molecule is CC(CNCCc1nncn1C)c1ccccc1. The molecule has 0 bridgehead atoms. The number of nitrogens with zero attached hydrogens (tertiary/aromatic N) is 3. The van der Waals surface area contributed by atoms with Crippen molar-refractivity contribution in [3.63, 3.8) is 0 Å². The van der Waals surface area contributed by atoms with Crippen LogP contribution in [0.25, 0.3) is 0 Å². The van der Waals surface area contributed by atoms with Crippen LogP contribution in [0.15, 0.2) is 36.7 Å². The molecule has 4 heteroatoms. The van der Waals surface area contributed by atoms with Crippen molar-refractivity contribution < 1.29 is 0 Å². The van der Waals surface area contributed by atoms with Gasteiger partial charge in [-0.1, -0.05) is 37.3 Å². The van der Waals surface area contributed by atoms with Crippen LogP contribution >= 0.6 is 0 Å². The molecule has 0 aliphatic carbocycles. The summed E-state index contributed by atoms with van der Waals surface area (Å²) in [5.74, 6) is 1.56. The van der Waals surface area contributed by atoms with Crippen LogP contribution in [-0.4, -0.2) is 27.9 Å². The second-order valence-electron chi connectivity index (χ2n) is 4.62. The molecule has 96 valence electrons. The van der Waals surface area contributed by atoms with E-state index in [1.54, 1.807) is 6.33 Å². The van der Waals surface area contributed by atoms with Crippen LogP contribution in [0, 0.1) is 0 Å². The van der Waals surface area contributed by atoms with E-state index in [2.05, 4.69) is 52.8 Å². The van der Waals surface area contributed by atoms with Crippen LogP contribution in [0.2, 0.25) is 0 Å². The molecule has 2 rings (SSSR count). The van der Waals surface area contributed by atoms with Crippen molar-refractivity contribution in [1.82, 2.24) is 20.1 Å². The fraction of sp³-hybridized carbons (Fsp3) is 0.429. The quantitative estimate of drug-likeness (QED) is 0.787. The average Bonchev–Trinajstić information content (AvgIpc) is 2.81. The Hall–Kier alpha value is -1.68. The van der Waals surface area contributed by atoms with Crippen molar-refractivity contribution in [2.75, 3.05) is 13.1 Å². The highest BCUT2D eigenvalue weighted by molar-refractivity contribution is 5.18. The van der Waals surface area contributed by atoms with Crippen LogP contribution in [0.5, 0.6) is 0 Å². The summed E-state index contributed by atoms with van der Waals surface area (Å²) in [4.78, 5) is 0. The summed E-state index contributed by atoms with van der Waals surface area (Å²) in [5, 5.41) is 11.4. The lowest BCUT2D eigenvalue weighted by Gasteiger charge is -2.12.